The lowest BCUT2D eigenvalue weighted by Gasteiger charge is -1.96. The molecule has 1 heterocycles. The average Bonchev–Trinajstić information content (AvgIpc) is 2.40. The third-order valence-corrected chi connectivity index (χ3v) is 2.06. The molecule has 0 saturated heterocycles. The molecule has 2 nitrogen and oxygen atoms in total. The smallest absolute Gasteiger partial charge is 0.138 e. The SMILES string of the molecule is [NH]C(C=O)Cc1cccs1. The van der Waals surface area contributed by atoms with Gasteiger partial charge in [-0.25, -0.2) is 5.73 Å². The van der Waals surface area contributed by atoms with Crippen molar-refractivity contribution in [3.8, 4) is 0 Å². The molecule has 0 aliphatic rings. The fraction of sp³-hybridized carbons (Fsp3) is 0.286. The first-order valence-electron chi connectivity index (χ1n) is 3.01. The zero-order valence-electron chi connectivity index (χ0n) is 5.41. The Labute approximate surface area is 63.7 Å². The minimum Gasteiger partial charge on any atom is -0.302 e. The largest absolute Gasteiger partial charge is 0.302 e. The van der Waals surface area contributed by atoms with Crippen molar-refractivity contribution in [1.29, 1.82) is 0 Å². The van der Waals surface area contributed by atoms with E-state index in [4.69, 9.17) is 5.73 Å². The van der Waals surface area contributed by atoms with E-state index in [1.807, 2.05) is 17.5 Å². The molecule has 0 amide bonds. The Balaban J connectivity index is 2.47. The highest BCUT2D eigenvalue weighted by molar-refractivity contribution is 7.09. The van der Waals surface area contributed by atoms with Gasteiger partial charge >= 0.3 is 0 Å². The molecular formula is C7H8NOS. The molecule has 1 aromatic heterocycles. The lowest BCUT2D eigenvalue weighted by atomic mass is 10.2. The molecule has 1 aromatic rings. The number of carbonyl (C=O) groups excluding carboxylic acids is 1. The number of thiophene rings is 1. The van der Waals surface area contributed by atoms with Gasteiger partial charge in [-0.2, -0.15) is 0 Å². The van der Waals surface area contributed by atoms with Crippen LogP contribution in [0.3, 0.4) is 0 Å². The molecule has 0 aromatic carbocycles. The molecule has 53 valence electrons. The van der Waals surface area contributed by atoms with E-state index >= 15 is 0 Å². The number of aldehydes is 1. The van der Waals surface area contributed by atoms with Crippen LogP contribution in [0.5, 0.6) is 0 Å². The average molecular weight is 154 g/mol. The van der Waals surface area contributed by atoms with E-state index in [1.165, 1.54) is 0 Å². The van der Waals surface area contributed by atoms with Gasteiger partial charge in [0, 0.05) is 11.3 Å². The summed E-state index contributed by atoms with van der Waals surface area (Å²) in [7, 11) is 0. The molecule has 1 N–H and O–H groups in total. The Kier molecular flexibility index (Phi) is 2.59. The van der Waals surface area contributed by atoms with Crippen molar-refractivity contribution in [3.63, 3.8) is 0 Å². The molecule has 0 spiro atoms. The highest BCUT2D eigenvalue weighted by atomic mass is 32.1. The predicted octanol–water partition coefficient (Wildman–Crippen LogP) is 1.14. The van der Waals surface area contributed by atoms with Crippen molar-refractivity contribution < 1.29 is 4.79 Å². The van der Waals surface area contributed by atoms with E-state index in [0.717, 1.165) is 4.88 Å². The van der Waals surface area contributed by atoms with Crippen molar-refractivity contribution in [1.82, 2.24) is 5.73 Å². The van der Waals surface area contributed by atoms with Gasteiger partial charge in [-0.1, -0.05) is 6.07 Å². The van der Waals surface area contributed by atoms with Crippen LogP contribution in [0.15, 0.2) is 17.5 Å². The third kappa shape index (κ3) is 1.93. The van der Waals surface area contributed by atoms with Crippen molar-refractivity contribution >= 4 is 17.6 Å². The summed E-state index contributed by atoms with van der Waals surface area (Å²) < 4.78 is 0. The minimum atomic E-state index is -0.585. The minimum absolute atomic E-state index is 0.557. The van der Waals surface area contributed by atoms with Crippen LogP contribution in [-0.4, -0.2) is 12.3 Å². The summed E-state index contributed by atoms with van der Waals surface area (Å²) in [5, 5.41) is 1.95. The number of nitrogens with one attached hydrogen (secondary N) is 1. The van der Waals surface area contributed by atoms with Crippen LogP contribution in [0.1, 0.15) is 4.88 Å². The van der Waals surface area contributed by atoms with Crippen molar-refractivity contribution in [2.24, 2.45) is 0 Å². The van der Waals surface area contributed by atoms with Gasteiger partial charge in [0.2, 0.25) is 0 Å². The van der Waals surface area contributed by atoms with Gasteiger partial charge in [-0.05, 0) is 11.4 Å². The fourth-order valence-corrected chi connectivity index (χ4v) is 1.46. The molecule has 1 rings (SSSR count). The van der Waals surface area contributed by atoms with E-state index in [1.54, 1.807) is 11.3 Å². The Morgan fingerprint density at radius 3 is 3.10 bits per heavy atom. The van der Waals surface area contributed by atoms with Gasteiger partial charge in [0.15, 0.2) is 0 Å². The van der Waals surface area contributed by atoms with E-state index in [0.29, 0.717) is 12.7 Å². The van der Waals surface area contributed by atoms with Crippen molar-refractivity contribution in [2.45, 2.75) is 12.5 Å². The first-order chi connectivity index (χ1) is 4.83. The number of hydrogen-bond acceptors (Lipinski definition) is 2. The van der Waals surface area contributed by atoms with Crippen LogP contribution in [0, 0.1) is 0 Å². The summed E-state index contributed by atoms with van der Waals surface area (Å²) in [4.78, 5) is 11.2. The van der Waals surface area contributed by atoms with Gasteiger partial charge in [-0.15, -0.1) is 11.3 Å². The second kappa shape index (κ2) is 3.49. The number of carbonyl (C=O) groups is 1. The van der Waals surface area contributed by atoms with Crippen LogP contribution in [0.2, 0.25) is 0 Å². The maximum absolute atomic E-state index is 10.0. The van der Waals surface area contributed by atoms with Gasteiger partial charge in [0.1, 0.15) is 6.29 Å². The molecule has 0 bridgehead atoms. The van der Waals surface area contributed by atoms with E-state index in [2.05, 4.69) is 0 Å². The molecule has 3 heteroatoms. The Hall–Kier alpha value is -0.670. The Bertz CT molecular complexity index is 195. The number of hydrogen-bond donors (Lipinski definition) is 0. The highest BCUT2D eigenvalue weighted by Crippen LogP contribution is 2.09. The maximum atomic E-state index is 10.0. The molecule has 1 unspecified atom stereocenters. The van der Waals surface area contributed by atoms with Gasteiger partial charge in [0.05, 0.1) is 6.04 Å². The van der Waals surface area contributed by atoms with E-state index < -0.39 is 6.04 Å². The monoisotopic (exact) mass is 154 g/mol. The lowest BCUT2D eigenvalue weighted by molar-refractivity contribution is -0.109. The second-order valence-corrected chi connectivity index (χ2v) is 3.06. The van der Waals surface area contributed by atoms with E-state index in [-0.39, 0.29) is 0 Å². The van der Waals surface area contributed by atoms with Crippen LogP contribution in [0.4, 0.5) is 0 Å². The zero-order valence-corrected chi connectivity index (χ0v) is 6.23. The van der Waals surface area contributed by atoms with E-state index in [9.17, 15) is 4.79 Å². The fourth-order valence-electron chi connectivity index (χ4n) is 0.694. The summed E-state index contributed by atoms with van der Waals surface area (Å²) in [6, 6.07) is 3.28. The molecule has 1 atom stereocenters. The lowest BCUT2D eigenvalue weighted by Crippen LogP contribution is -2.12. The molecule has 0 fully saturated rings. The summed E-state index contributed by atoms with van der Waals surface area (Å²) in [6.07, 6.45) is 1.22. The quantitative estimate of drug-likeness (QED) is 0.602. The van der Waals surface area contributed by atoms with Crippen molar-refractivity contribution in [3.05, 3.63) is 22.4 Å². The highest BCUT2D eigenvalue weighted by Gasteiger charge is 2.01. The molecule has 0 saturated carbocycles. The predicted molar refractivity (Wildman–Crippen MR) is 41.0 cm³/mol. The van der Waals surface area contributed by atoms with Crippen LogP contribution >= 0.6 is 11.3 Å². The van der Waals surface area contributed by atoms with Crippen molar-refractivity contribution in [2.75, 3.05) is 0 Å². The first-order valence-corrected chi connectivity index (χ1v) is 3.89. The van der Waals surface area contributed by atoms with Gasteiger partial charge < -0.3 is 4.79 Å². The topological polar surface area (TPSA) is 40.9 Å². The summed E-state index contributed by atoms with van der Waals surface area (Å²) in [6.45, 7) is 0. The second-order valence-electron chi connectivity index (χ2n) is 2.03. The molecule has 0 aliphatic carbocycles. The normalized spacial score (nSPS) is 12.9. The van der Waals surface area contributed by atoms with Crippen LogP contribution < -0.4 is 5.73 Å². The number of rotatable bonds is 3. The third-order valence-electron chi connectivity index (χ3n) is 1.17. The maximum Gasteiger partial charge on any atom is 0.138 e. The standard InChI is InChI=1S/C7H8NOS/c8-6(5-9)4-7-2-1-3-10-7/h1-3,5-6,8H,4H2. The Morgan fingerprint density at radius 1 is 1.80 bits per heavy atom. The molecule has 10 heavy (non-hydrogen) atoms. The van der Waals surface area contributed by atoms with Crippen LogP contribution in [-0.2, 0) is 11.2 Å². The summed E-state index contributed by atoms with van der Waals surface area (Å²) in [5.74, 6) is 0. The summed E-state index contributed by atoms with van der Waals surface area (Å²) >= 11 is 1.59. The van der Waals surface area contributed by atoms with Crippen LogP contribution in [0.25, 0.3) is 0 Å². The molecular weight excluding hydrogens is 146 g/mol. The van der Waals surface area contributed by atoms with Gasteiger partial charge in [0.25, 0.3) is 0 Å². The zero-order chi connectivity index (χ0) is 7.40. The Morgan fingerprint density at radius 2 is 2.60 bits per heavy atom. The summed E-state index contributed by atoms with van der Waals surface area (Å²) in [5.41, 5.74) is 7.14. The molecule has 1 radical (unpaired) electrons. The van der Waals surface area contributed by atoms with Gasteiger partial charge in [-0.3, -0.25) is 0 Å². The molecule has 0 aliphatic heterocycles. The first kappa shape index (κ1) is 7.44.